The Balaban J connectivity index is 1.93. The molecule has 17 heavy (non-hydrogen) atoms. The molecule has 7 nitrogen and oxygen atoms in total. The van der Waals surface area contributed by atoms with Crippen molar-refractivity contribution in [3.05, 3.63) is 12.4 Å². The molecule has 96 valence electrons. The van der Waals surface area contributed by atoms with Gasteiger partial charge in [0.1, 0.15) is 4.90 Å². The third-order valence-corrected chi connectivity index (χ3v) is 3.76. The van der Waals surface area contributed by atoms with E-state index in [4.69, 9.17) is 9.47 Å². The van der Waals surface area contributed by atoms with Crippen molar-refractivity contribution in [2.24, 2.45) is 7.05 Å². The minimum atomic E-state index is -3.51. The number of nitrogens with zero attached hydrogens (tertiary/aromatic N) is 2. The minimum Gasteiger partial charge on any atom is -0.376 e. The molecule has 1 fully saturated rings. The molecule has 2 rings (SSSR count). The van der Waals surface area contributed by atoms with Crippen molar-refractivity contribution >= 4 is 10.0 Å². The van der Waals surface area contributed by atoms with Gasteiger partial charge < -0.3 is 9.47 Å². The number of nitrogens with one attached hydrogen (secondary N) is 1. The summed E-state index contributed by atoms with van der Waals surface area (Å²) in [6.45, 7) is 1.68. The molecule has 2 heterocycles. The molecule has 0 aliphatic carbocycles. The van der Waals surface area contributed by atoms with E-state index < -0.39 is 10.0 Å². The Hall–Kier alpha value is -0.960. The molecule has 1 aromatic heterocycles. The molecule has 8 heteroatoms. The van der Waals surface area contributed by atoms with Gasteiger partial charge in [-0.15, -0.1) is 0 Å². The van der Waals surface area contributed by atoms with Crippen LogP contribution in [0.3, 0.4) is 0 Å². The Bertz CT molecular complexity index is 464. The van der Waals surface area contributed by atoms with Gasteiger partial charge in [0.05, 0.1) is 32.1 Å². The van der Waals surface area contributed by atoms with E-state index in [9.17, 15) is 8.42 Å². The van der Waals surface area contributed by atoms with Crippen molar-refractivity contribution < 1.29 is 17.9 Å². The second-order valence-electron chi connectivity index (χ2n) is 3.77. The van der Waals surface area contributed by atoms with Crippen molar-refractivity contribution in [2.75, 3.05) is 26.4 Å². The smallest absolute Gasteiger partial charge is 0.243 e. The van der Waals surface area contributed by atoms with Crippen molar-refractivity contribution in [1.82, 2.24) is 14.5 Å². The lowest BCUT2D eigenvalue weighted by molar-refractivity contribution is -0.0846. The van der Waals surface area contributed by atoms with Crippen LogP contribution in [0.4, 0.5) is 0 Å². The first kappa shape index (κ1) is 12.5. The summed E-state index contributed by atoms with van der Waals surface area (Å²) in [6.07, 6.45) is 2.52. The van der Waals surface area contributed by atoms with E-state index in [0.717, 1.165) is 0 Å². The molecule has 1 N–H and O–H groups in total. The van der Waals surface area contributed by atoms with E-state index in [-0.39, 0.29) is 17.5 Å². The van der Waals surface area contributed by atoms with Gasteiger partial charge in [-0.25, -0.2) is 13.1 Å². The first-order chi connectivity index (χ1) is 8.08. The predicted octanol–water partition coefficient (Wildman–Crippen LogP) is -0.886. The third kappa shape index (κ3) is 3.25. The molecule has 1 unspecified atom stereocenters. The molecule has 1 aromatic rings. The topological polar surface area (TPSA) is 82.5 Å². The maximum atomic E-state index is 11.8. The quantitative estimate of drug-likeness (QED) is 0.760. The second kappa shape index (κ2) is 5.13. The fraction of sp³-hybridized carbons (Fsp3) is 0.667. The number of rotatable bonds is 4. The van der Waals surface area contributed by atoms with Crippen molar-refractivity contribution in [1.29, 1.82) is 0 Å². The Morgan fingerprint density at radius 3 is 3.00 bits per heavy atom. The van der Waals surface area contributed by atoms with Crippen molar-refractivity contribution in [2.45, 2.75) is 11.0 Å². The van der Waals surface area contributed by atoms with Crippen LogP contribution in [0.25, 0.3) is 0 Å². The van der Waals surface area contributed by atoms with E-state index in [0.29, 0.717) is 19.8 Å². The Morgan fingerprint density at radius 2 is 2.41 bits per heavy atom. The number of aryl methyl sites for hydroxylation is 1. The summed E-state index contributed by atoms with van der Waals surface area (Å²) in [7, 11) is -1.84. The fourth-order valence-corrected chi connectivity index (χ4v) is 2.53. The highest BCUT2D eigenvalue weighted by Crippen LogP contribution is 2.07. The average molecular weight is 261 g/mol. The van der Waals surface area contributed by atoms with Gasteiger partial charge in [-0.2, -0.15) is 5.10 Å². The zero-order chi connectivity index (χ0) is 12.3. The van der Waals surface area contributed by atoms with Gasteiger partial charge in [-0.3, -0.25) is 4.68 Å². The van der Waals surface area contributed by atoms with Crippen LogP contribution in [-0.4, -0.2) is 50.7 Å². The molecule has 0 aromatic carbocycles. The highest BCUT2D eigenvalue weighted by Gasteiger charge is 2.20. The van der Waals surface area contributed by atoms with Crippen molar-refractivity contribution in [3.8, 4) is 0 Å². The lowest BCUT2D eigenvalue weighted by Gasteiger charge is -2.22. The molecular weight excluding hydrogens is 246 g/mol. The minimum absolute atomic E-state index is 0.150. The third-order valence-electron chi connectivity index (χ3n) is 2.38. The van der Waals surface area contributed by atoms with Gasteiger partial charge in [0, 0.05) is 19.8 Å². The maximum Gasteiger partial charge on any atom is 0.243 e. The second-order valence-corrected chi connectivity index (χ2v) is 5.54. The maximum absolute atomic E-state index is 11.8. The summed E-state index contributed by atoms with van der Waals surface area (Å²) < 4.78 is 38.1. The van der Waals surface area contributed by atoms with Gasteiger partial charge >= 0.3 is 0 Å². The zero-order valence-corrected chi connectivity index (χ0v) is 10.3. The molecule has 0 saturated carbocycles. The van der Waals surface area contributed by atoms with Crippen LogP contribution >= 0.6 is 0 Å². The Labute approximate surface area is 99.8 Å². The zero-order valence-electron chi connectivity index (χ0n) is 9.50. The fourth-order valence-electron chi connectivity index (χ4n) is 1.48. The van der Waals surface area contributed by atoms with Crippen LogP contribution in [0.5, 0.6) is 0 Å². The SMILES string of the molecule is Cn1cc(S(=O)(=O)NCC2COCCO2)cn1. The lowest BCUT2D eigenvalue weighted by Crippen LogP contribution is -2.39. The molecule has 1 aliphatic rings. The normalized spacial score (nSPS) is 21.6. The van der Waals surface area contributed by atoms with Gasteiger partial charge in [-0.05, 0) is 0 Å². The molecule has 1 atom stereocenters. The standard InChI is InChI=1S/C9H15N3O4S/c1-12-6-9(5-10-12)17(13,14)11-4-8-7-15-2-3-16-8/h5-6,8,11H,2-4,7H2,1H3. The highest BCUT2D eigenvalue weighted by atomic mass is 32.2. The Morgan fingerprint density at radius 1 is 1.59 bits per heavy atom. The summed E-state index contributed by atoms with van der Waals surface area (Å²) in [6, 6.07) is 0. The molecule has 0 spiro atoms. The van der Waals surface area contributed by atoms with E-state index >= 15 is 0 Å². The Kier molecular flexibility index (Phi) is 3.77. The summed E-state index contributed by atoms with van der Waals surface area (Å²) in [5, 5.41) is 3.82. The van der Waals surface area contributed by atoms with E-state index in [1.165, 1.54) is 17.1 Å². The molecule has 0 radical (unpaired) electrons. The summed E-state index contributed by atoms with van der Waals surface area (Å²) >= 11 is 0. The van der Waals surface area contributed by atoms with Crippen LogP contribution in [0.1, 0.15) is 0 Å². The lowest BCUT2D eigenvalue weighted by atomic mass is 10.3. The van der Waals surface area contributed by atoms with Crippen LogP contribution in [0.15, 0.2) is 17.3 Å². The van der Waals surface area contributed by atoms with Gasteiger partial charge in [0.2, 0.25) is 10.0 Å². The van der Waals surface area contributed by atoms with Gasteiger partial charge in [0.25, 0.3) is 0 Å². The van der Waals surface area contributed by atoms with Gasteiger partial charge in [-0.1, -0.05) is 0 Å². The van der Waals surface area contributed by atoms with E-state index in [1.54, 1.807) is 7.05 Å². The molecule has 1 aliphatic heterocycles. The van der Waals surface area contributed by atoms with E-state index in [2.05, 4.69) is 9.82 Å². The van der Waals surface area contributed by atoms with Crippen LogP contribution < -0.4 is 4.72 Å². The van der Waals surface area contributed by atoms with Crippen LogP contribution in [0, 0.1) is 0 Å². The highest BCUT2D eigenvalue weighted by molar-refractivity contribution is 7.89. The summed E-state index contributed by atoms with van der Waals surface area (Å²) in [4.78, 5) is 0.150. The number of sulfonamides is 1. The van der Waals surface area contributed by atoms with Gasteiger partial charge in [0.15, 0.2) is 0 Å². The molecule has 0 amide bonds. The molecule has 0 bridgehead atoms. The number of hydrogen-bond acceptors (Lipinski definition) is 5. The van der Waals surface area contributed by atoms with E-state index in [1.807, 2.05) is 0 Å². The number of aromatic nitrogens is 2. The predicted molar refractivity (Wildman–Crippen MR) is 59.0 cm³/mol. The largest absolute Gasteiger partial charge is 0.376 e. The summed E-state index contributed by atoms with van der Waals surface area (Å²) in [5.74, 6) is 0. The number of hydrogen-bond donors (Lipinski definition) is 1. The number of ether oxygens (including phenoxy) is 2. The van der Waals surface area contributed by atoms with Crippen molar-refractivity contribution in [3.63, 3.8) is 0 Å². The first-order valence-corrected chi connectivity index (χ1v) is 6.74. The monoisotopic (exact) mass is 261 g/mol. The molecule has 1 saturated heterocycles. The van der Waals surface area contributed by atoms with Crippen LogP contribution in [-0.2, 0) is 26.5 Å². The first-order valence-electron chi connectivity index (χ1n) is 5.25. The van der Waals surface area contributed by atoms with Crippen LogP contribution in [0.2, 0.25) is 0 Å². The average Bonchev–Trinajstić information content (AvgIpc) is 2.76. The summed E-state index contributed by atoms with van der Waals surface area (Å²) in [5.41, 5.74) is 0. The molecular formula is C9H15N3O4S.